The van der Waals surface area contributed by atoms with Crippen molar-refractivity contribution in [3.63, 3.8) is 0 Å². The van der Waals surface area contributed by atoms with Crippen molar-refractivity contribution in [1.29, 1.82) is 0 Å². The maximum absolute atomic E-state index is 6.22. The Labute approximate surface area is 121 Å². The number of rotatable bonds is 8. The van der Waals surface area contributed by atoms with Crippen molar-refractivity contribution in [2.45, 2.75) is 51.7 Å². The van der Waals surface area contributed by atoms with Crippen LogP contribution in [-0.4, -0.2) is 30.3 Å². The molecule has 1 aromatic heterocycles. The normalized spacial score (nSPS) is 13.5. The summed E-state index contributed by atoms with van der Waals surface area (Å²) in [5, 5.41) is 4.27. The summed E-state index contributed by atoms with van der Waals surface area (Å²) in [5.74, 6) is 0. The van der Waals surface area contributed by atoms with Crippen molar-refractivity contribution >= 4 is 11.6 Å². The number of methoxy groups -OCH3 is 1. The fourth-order valence-corrected chi connectivity index (χ4v) is 2.85. The fourth-order valence-electron chi connectivity index (χ4n) is 2.65. The van der Waals surface area contributed by atoms with E-state index in [-0.39, 0.29) is 11.6 Å². The minimum absolute atomic E-state index is 0.150. The SMILES string of the molecule is CCNC(Cc1ccncc1Cl)C(CC)(CC)OC. The second-order valence-electron chi connectivity index (χ2n) is 4.76. The van der Waals surface area contributed by atoms with E-state index >= 15 is 0 Å². The van der Waals surface area contributed by atoms with Gasteiger partial charge >= 0.3 is 0 Å². The summed E-state index contributed by atoms with van der Waals surface area (Å²) in [4.78, 5) is 4.04. The Bertz CT molecular complexity index is 372. The predicted octanol–water partition coefficient (Wildman–Crippen LogP) is 3.46. The van der Waals surface area contributed by atoms with Gasteiger partial charge in [0.15, 0.2) is 0 Å². The monoisotopic (exact) mass is 284 g/mol. The second-order valence-corrected chi connectivity index (χ2v) is 5.16. The highest BCUT2D eigenvalue weighted by molar-refractivity contribution is 6.31. The van der Waals surface area contributed by atoms with E-state index < -0.39 is 0 Å². The van der Waals surface area contributed by atoms with Crippen LogP contribution >= 0.6 is 11.6 Å². The Kier molecular flexibility index (Phi) is 6.76. The zero-order valence-electron chi connectivity index (χ0n) is 12.4. The number of nitrogens with one attached hydrogen (secondary N) is 1. The van der Waals surface area contributed by atoms with Crippen molar-refractivity contribution < 1.29 is 4.74 Å². The second kappa shape index (κ2) is 7.83. The Morgan fingerprint density at radius 2 is 2.05 bits per heavy atom. The van der Waals surface area contributed by atoms with Crippen LogP contribution in [-0.2, 0) is 11.2 Å². The summed E-state index contributed by atoms with van der Waals surface area (Å²) in [6.07, 6.45) is 6.29. The maximum atomic E-state index is 6.22. The van der Waals surface area contributed by atoms with Crippen molar-refractivity contribution in [3.05, 3.63) is 29.0 Å². The van der Waals surface area contributed by atoms with Gasteiger partial charge in [0, 0.05) is 25.5 Å². The first-order valence-electron chi connectivity index (χ1n) is 7.00. The smallest absolute Gasteiger partial charge is 0.0828 e. The molecule has 0 aliphatic rings. The van der Waals surface area contributed by atoms with Gasteiger partial charge in [-0.3, -0.25) is 4.98 Å². The van der Waals surface area contributed by atoms with Gasteiger partial charge in [0.25, 0.3) is 0 Å². The first-order chi connectivity index (χ1) is 9.13. The Morgan fingerprint density at radius 3 is 2.53 bits per heavy atom. The lowest BCUT2D eigenvalue weighted by molar-refractivity contribution is -0.0468. The maximum Gasteiger partial charge on any atom is 0.0828 e. The number of pyridine rings is 1. The van der Waals surface area contributed by atoms with Gasteiger partial charge in [-0.2, -0.15) is 0 Å². The summed E-state index contributed by atoms with van der Waals surface area (Å²) >= 11 is 6.22. The van der Waals surface area contributed by atoms with E-state index in [0.29, 0.717) is 0 Å². The molecule has 3 nitrogen and oxygen atoms in total. The Morgan fingerprint density at radius 1 is 1.37 bits per heavy atom. The van der Waals surface area contributed by atoms with Gasteiger partial charge in [-0.25, -0.2) is 0 Å². The van der Waals surface area contributed by atoms with E-state index in [1.54, 1.807) is 19.5 Å². The third-order valence-electron chi connectivity index (χ3n) is 3.97. The zero-order chi connectivity index (χ0) is 14.3. The highest BCUT2D eigenvalue weighted by Crippen LogP contribution is 2.28. The molecule has 0 saturated carbocycles. The molecule has 0 saturated heterocycles. The summed E-state index contributed by atoms with van der Waals surface area (Å²) in [6.45, 7) is 7.38. The van der Waals surface area contributed by atoms with E-state index in [4.69, 9.17) is 16.3 Å². The van der Waals surface area contributed by atoms with Crippen LogP contribution in [0.2, 0.25) is 5.02 Å². The number of nitrogens with zero attached hydrogens (tertiary/aromatic N) is 1. The summed E-state index contributed by atoms with van der Waals surface area (Å²) in [6, 6.07) is 2.23. The lowest BCUT2D eigenvalue weighted by Crippen LogP contribution is -2.52. The first-order valence-corrected chi connectivity index (χ1v) is 7.38. The number of hydrogen-bond acceptors (Lipinski definition) is 3. The number of likely N-dealkylation sites (N-methyl/N-ethyl adjacent to an activating group) is 1. The van der Waals surface area contributed by atoms with Crippen LogP contribution in [0.5, 0.6) is 0 Å². The van der Waals surface area contributed by atoms with Crippen LogP contribution in [0.1, 0.15) is 39.2 Å². The molecule has 1 unspecified atom stereocenters. The van der Waals surface area contributed by atoms with Crippen LogP contribution in [0.3, 0.4) is 0 Å². The highest BCUT2D eigenvalue weighted by Gasteiger charge is 2.35. The highest BCUT2D eigenvalue weighted by atomic mass is 35.5. The van der Waals surface area contributed by atoms with E-state index in [1.165, 1.54) is 0 Å². The van der Waals surface area contributed by atoms with E-state index in [2.05, 4.69) is 31.1 Å². The molecule has 0 bridgehead atoms. The van der Waals surface area contributed by atoms with Crippen LogP contribution in [0, 0.1) is 0 Å². The molecule has 0 spiro atoms. The molecule has 1 N–H and O–H groups in total. The standard InChI is InChI=1S/C15H25ClN2O/c1-5-15(6-2,19-4)14(18-7-3)10-12-8-9-17-11-13(12)16/h8-9,11,14,18H,5-7,10H2,1-4H3. The molecule has 0 aromatic carbocycles. The zero-order valence-corrected chi connectivity index (χ0v) is 13.1. The van der Waals surface area contributed by atoms with Gasteiger partial charge in [-0.05, 0) is 37.4 Å². The van der Waals surface area contributed by atoms with E-state index in [1.807, 2.05) is 6.07 Å². The molecule has 1 heterocycles. The van der Waals surface area contributed by atoms with Crippen molar-refractivity contribution in [2.75, 3.05) is 13.7 Å². The first kappa shape index (κ1) is 16.4. The van der Waals surface area contributed by atoms with Crippen LogP contribution < -0.4 is 5.32 Å². The molecule has 0 amide bonds. The molecule has 19 heavy (non-hydrogen) atoms. The molecule has 1 atom stereocenters. The molecule has 4 heteroatoms. The number of ether oxygens (including phenoxy) is 1. The molecular weight excluding hydrogens is 260 g/mol. The molecule has 1 rings (SSSR count). The summed E-state index contributed by atoms with van der Waals surface area (Å²) in [7, 11) is 1.80. The van der Waals surface area contributed by atoms with E-state index in [0.717, 1.165) is 36.4 Å². The van der Waals surface area contributed by atoms with Crippen LogP contribution in [0.25, 0.3) is 0 Å². The lowest BCUT2D eigenvalue weighted by Gasteiger charge is -2.39. The lowest BCUT2D eigenvalue weighted by atomic mass is 9.84. The molecular formula is C15H25ClN2O. The van der Waals surface area contributed by atoms with Gasteiger partial charge in [0.1, 0.15) is 0 Å². The van der Waals surface area contributed by atoms with Crippen molar-refractivity contribution in [1.82, 2.24) is 10.3 Å². The average molecular weight is 285 g/mol. The van der Waals surface area contributed by atoms with Crippen LogP contribution in [0.4, 0.5) is 0 Å². The van der Waals surface area contributed by atoms with Crippen LogP contribution in [0.15, 0.2) is 18.5 Å². The fraction of sp³-hybridized carbons (Fsp3) is 0.667. The van der Waals surface area contributed by atoms with Crippen molar-refractivity contribution in [3.8, 4) is 0 Å². The largest absolute Gasteiger partial charge is 0.377 e. The summed E-state index contributed by atoms with van der Waals surface area (Å²) in [5.41, 5.74) is 0.966. The molecule has 0 aliphatic heterocycles. The Hall–Kier alpha value is -0.640. The van der Waals surface area contributed by atoms with Gasteiger partial charge in [-0.15, -0.1) is 0 Å². The number of halogens is 1. The van der Waals surface area contributed by atoms with Gasteiger partial charge < -0.3 is 10.1 Å². The topological polar surface area (TPSA) is 34.2 Å². The molecule has 108 valence electrons. The van der Waals surface area contributed by atoms with Crippen molar-refractivity contribution in [2.24, 2.45) is 0 Å². The quantitative estimate of drug-likeness (QED) is 0.794. The molecule has 0 aliphatic carbocycles. The predicted molar refractivity (Wildman–Crippen MR) is 80.7 cm³/mol. The van der Waals surface area contributed by atoms with Gasteiger partial charge in [-0.1, -0.05) is 32.4 Å². The third kappa shape index (κ3) is 3.91. The third-order valence-corrected chi connectivity index (χ3v) is 4.31. The molecule has 0 radical (unpaired) electrons. The molecule has 1 aromatic rings. The minimum atomic E-state index is -0.150. The van der Waals surface area contributed by atoms with E-state index in [9.17, 15) is 0 Å². The van der Waals surface area contributed by atoms with Gasteiger partial charge in [0.05, 0.1) is 10.6 Å². The van der Waals surface area contributed by atoms with Gasteiger partial charge in [0.2, 0.25) is 0 Å². The Balaban J connectivity index is 2.97. The average Bonchev–Trinajstić information content (AvgIpc) is 2.44. The molecule has 0 fully saturated rings. The number of hydrogen-bond donors (Lipinski definition) is 1. The number of aromatic nitrogens is 1. The summed E-state index contributed by atoms with van der Waals surface area (Å²) < 4.78 is 5.84. The minimum Gasteiger partial charge on any atom is -0.377 e.